The largest absolute Gasteiger partial charge is 0.424 e. The Morgan fingerprint density at radius 3 is 2.33 bits per heavy atom. The summed E-state index contributed by atoms with van der Waals surface area (Å²) < 4.78 is 9.89. The highest BCUT2D eigenvalue weighted by atomic mass is 28.2. The molecular weight excluding hydrogens is 176 g/mol. The van der Waals surface area contributed by atoms with Gasteiger partial charge in [0.2, 0.25) is 0 Å². The average Bonchev–Trinajstić information content (AvgIpc) is 2.85. The van der Waals surface area contributed by atoms with Crippen LogP contribution in [0.1, 0.15) is 13.3 Å². The molecular formula is C7H18O4Si. The number of ether oxygens (including phenoxy) is 1. The number of aliphatic hydroxyl groups excluding tert-OH is 2. The van der Waals surface area contributed by atoms with Crippen LogP contribution in [0, 0.1) is 0 Å². The summed E-state index contributed by atoms with van der Waals surface area (Å²) >= 11 is 0. The van der Waals surface area contributed by atoms with Crippen molar-refractivity contribution in [3.8, 4) is 0 Å². The Morgan fingerprint density at radius 2 is 2.08 bits per heavy atom. The molecule has 0 aromatic carbocycles. The van der Waals surface area contributed by atoms with E-state index in [1.807, 2.05) is 6.92 Å². The molecule has 0 amide bonds. The fourth-order valence-corrected chi connectivity index (χ4v) is 1.67. The fourth-order valence-electron chi connectivity index (χ4n) is 0.651. The lowest BCUT2D eigenvalue weighted by molar-refractivity contribution is 0.243. The van der Waals surface area contributed by atoms with Gasteiger partial charge in [-0.2, -0.15) is 0 Å². The molecule has 74 valence electrons. The molecule has 1 rings (SSSR count). The zero-order valence-corrected chi connectivity index (χ0v) is 9.11. The molecule has 0 aromatic rings. The summed E-state index contributed by atoms with van der Waals surface area (Å²) in [6.45, 7) is 2.40. The van der Waals surface area contributed by atoms with E-state index in [1.54, 1.807) is 7.11 Å². The molecule has 0 aromatic heterocycles. The zero-order valence-electron chi connectivity index (χ0n) is 7.69. The molecule has 1 aliphatic rings. The highest BCUT2D eigenvalue weighted by Crippen LogP contribution is 2.19. The van der Waals surface area contributed by atoms with Crippen molar-refractivity contribution in [3.05, 3.63) is 0 Å². The van der Waals surface area contributed by atoms with Crippen molar-refractivity contribution < 1.29 is 19.4 Å². The van der Waals surface area contributed by atoms with Gasteiger partial charge < -0.3 is 19.4 Å². The second-order valence-electron chi connectivity index (χ2n) is 2.57. The van der Waals surface area contributed by atoms with Crippen LogP contribution in [0.3, 0.4) is 0 Å². The van der Waals surface area contributed by atoms with E-state index in [9.17, 15) is 0 Å². The van der Waals surface area contributed by atoms with Crippen molar-refractivity contribution >= 4 is 9.76 Å². The maximum atomic E-state index is 8.44. The van der Waals surface area contributed by atoms with Gasteiger partial charge in [0.15, 0.2) is 9.76 Å². The van der Waals surface area contributed by atoms with Gasteiger partial charge in [-0.1, -0.05) is 6.92 Å². The Balaban J connectivity index is 0.000000261. The molecule has 1 heterocycles. The Kier molecular flexibility index (Phi) is 7.73. The van der Waals surface area contributed by atoms with Gasteiger partial charge >= 0.3 is 0 Å². The van der Waals surface area contributed by atoms with Gasteiger partial charge in [0.05, 0.1) is 12.3 Å². The summed E-state index contributed by atoms with van der Waals surface area (Å²) in [6, 6.07) is 0. The lowest BCUT2D eigenvalue weighted by Crippen LogP contribution is -2.08. The lowest BCUT2D eigenvalue weighted by atomic mass is 10.5. The van der Waals surface area contributed by atoms with E-state index in [1.165, 1.54) is 0 Å². The van der Waals surface area contributed by atoms with Gasteiger partial charge in [-0.3, -0.25) is 0 Å². The number of epoxide rings is 1. The molecule has 0 bridgehead atoms. The summed E-state index contributed by atoms with van der Waals surface area (Å²) in [7, 11) is 1.21. The molecule has 1 fully saturated rings. The topological polar surface area (TPSA) is 62.2 Å². The molecule has 5 heteroatoms. The van der Waals surface area contributed by atoms with Crippen LogP contribution >= 0.6 is 0 Å². The standard InChI is InChI=1S/C4H10O3Si.C3H8O/c1-6-8-4-3(2-5)7-4;1-2-3-4/h3-5H,2,8H2,1H3;4H,2-3H2,1H3. The average molecular weight is 194 g/mol. The van der Waals surface area contributed by atoms with Crippen LogP contribution in [0.2, 0.25) is 0 Å². The third-order valence-electron chi connectivity index (χ3n) is 1.42. The number of hydrogen-bond acceptors (Lipinski definition) is 4. The maximum Gasteiger partial charge on any atom is 0.193 e. The first kappa shape index (κ1) is 12.1. The Morgan fingerprint density at radius 1 is 1.50 bits per heavy atom. The highest BCUT2D eigenvalue weighted by molar-refractivity contribution is 6.30. The van der Waals surface area contributed by atoms with E-state index < -0.39 is 9.76 Å². The second kappa shape index (κ2) is 7.69. The van der Waals surface area contributed by atoms with Crippen molar-refractivity contribution in [1.82, 2.24) is 0 Å². The predicted molar refractivity (Wildman–Crippen MR) is 48.7 cm³/mol. The smallest absolute Gasteiger partial charge is 0.193 e. The molecule has 4 nitrogen and oxygen atoms in total. The molecule has 0 saturated carbocycles. The first-order valence-electron chi connectivity index (χ1n) is 4.16. The van der Waals surface area contributed by atoms with E-state index >= 15 is 0 Å². The van der Waals surface area contributed by atoms with Crippen LogP contribution < -0.4 is 0 Å². The molecule has 0 aliphatic carbocycles. The Hall–Kier alpha value is 0.0569. The number of rotatable bonds is 4. The van der Waals surface area contributed by atoms with Crippen LogP contribution in [0.5, 0.6) is 0 Å². The first-order chi connectivity index (χ1) is 5.79. The molecule has 1 saturated heterocycles. The predicted octanol–water partition coefficient (Wildman–Crippen LogP) is -1.18. The molecule has 0 spiro atoms. The highest BCUT2D eigenvalue weighted by Gasteiger charge is 2.38. The first-order valence-corrected chi connectivity index (χ1v) is 5.55. The van der Waals surface area contributed by atoms with Crippen molar-refractivity contribution in [2.75, 3.05) is 20.3 Å². The monoisotopic (exact) mass is 194 g/mol. The number of hydrogen-bond donors (Lipinski definition) is 2. The minimum absolute atomic E-state index is 0.113. The summed E-state index contributed by atoms with van der Waals surface area (Å²) in [5.41, 5.74) is 0.296. The molecule has 0 radical (unpaired) electrons. The van der Waals surface area contributed by atoms with E-state index in [2.05, 4.69) is 0 Å². The van der Waals surface area contributed by atoms with Crippen LogP contribution in [-0.4, -0.2) is 52.1 Å². The molecule has 12 heavy (non-hydrogen) atoms. The molecule has 2 N–H and O–H groups in total. The third kappa shape index (κ3) is 5.67. The SMILES string of the molecule is CCCO.CO[SiH2]C1OC1CO. The van der Waals surface area contributed by atoms with E-state index in [4.69, 9.17) is 19.4 Å². The second-order valence-corrected chi connectivity index (χ2v) is 4.29. The van der Waals surface area contributed by atoms with Crippen molar-refractivity contribution in [2.45, 2.75) is 25.2 Å². The van der Waals surface area contributed by atoms with E-state index in [0.717, 1.165) is 6.42 Å². The van der Waals surface area contributed by atoms with Crippen molar-refractivity contribution in [2.24, 2.45) is 0 Å². The van der Waals surface area contributed by atoms with Gasteiger partial charge in [0, 0.05) is 13.7 Å². The van der Waals surface area contributed by atoms with Crippen molar-refractivity contribution in [1.29, 1.82) is 0 Å². The van der Waals surface area contributed by atoms with Crippen LogP contribution in [0.25, 0.3) is 0 Å². The summed E-state index contributed by atoms with van der Waals surface area (Å²) in [6.07, 6.45) is 0.988. The minimum Gasteiger partial charge on any atom is -0.424 e. The van der Waals surface area contributed by atoms with Gasteiger partial charge in [0.1, 0.15) is 6.10 Å². The van der Waals surface area contributed by atoms with E-state index in [-0.39, 0.29) is 12.7 Å². The fraction of sp³-hybridized carbons (Fsp3) is 1.00. The molecule has 2 unspecified atom stereocenters. The normalized spacial score (nSPS) is 27.0. The third-order valence-corrected chi connectivity index (χ3v) is 2.80. The summed E-state index contributed by atoms with van der Waals surface area (Å²) in [5.74, 6) is 0. The quantitative estimate of drug-likeness (QED) is 0.437. The van der Waals surface area contributed by atoms with Gasteiger partial charge in [-0.15, -0.1) is 0 Å². The lowest BCUT2D eigenvalue weighted by Gasteiger charge is -1.86. The molecule has 1 aliphatic heterocycles. The Labute approximate surface area is 75.4 Å². The summed E-state index contributed by atoms with van der Waals surface area (Å²) in [4.78, 5) is 0. The van der Waals surface area contributed by atoms with E-state index in [0.29, 0.717) is 12.3 Å². The zero-order chi connectivity index (χ0) is 9.40. The van der Waals surface area contributed by atoms with Gasteiger partial charge in [-0.25, -0.2) is 0 Å². The molecule has 2 atom stereocenters. The van der Waals surface area contributed by atoms with Crippen LogP contribution in [-0.2, 0) is 9.16 Å². The number of aliphatic hydroxyl groups is 2. The van der Waals surface area contributed by atoms with Crippen LogP contribution in [0.15, 0.2) is 0 Å². The minimum atomic E-state index is -0.473. The Bertz CT molecular complexity index is 99.4. The van der Waals surface area contributed by atoms with Crippen LogP contribution in [0.4, 0.5) is 0 Å². The van der Waals surface area contributed by atoms with Gasteiger partial charge in [-0.05, 0) is 6.42 Å². The van der Waals surface area contributed by atoms with Crippen molar-refractivity contribution in [3.63, 3.8) is 0 Å². The summed E-state index contributed by atoms with van der Waals surface area (Å²) in [5, 5.41) is 16.3. The maximum absolute atomic E-state index is 8.44. The van der Waals surface area contributed by atoms with Gasteiger partial charge in [0.25, 0.3) is 0 Å².